The average Bonchev–Trinajstić information content (AvgIpc) is 3.72. The van der Waals surface area contributed by atoms with Gasteiger partial charge in [-0.05, 0) is 116 Å². The Morgan fingerprint density at radius 1 is 1.07 bits per heavy atom. The molecule has 0 spiro atoms. The van der Waals surface area contributed by atoms with Gasteiger partial charge in [-0.2, -0.15) is 5.10 Å². The fourth-order valence-electron chi connectivity index (χ4n) is 5.59. The van der Waals surface area contributed by atoms with E-state index in [1.54, 1.807) is 12.1 Å². The summed E-state index contributed by atoms with van der Waals surface area (Å²) in [6.45, 7) is 10.1. The first-order chi connectivity index (χ1) is 19.5. The van der Waals surface area contributed by atoms with E-state index in [0.29, 0.717) is 0 Å². The lowest BCUT2D eigenvalue weighted by Crippen LogP contribution is -2.21. The highest BCUT2D eigenvalue weighted by Crippen LogP contribution is 2.31. The lowest BCUT2D eigenvalue weighted by atomic mass is 10.0. The average molecular weight is 532 g/mol. The Hall–Kier alpha value is -4.29. The Morgan fingerprint density at radius 3 is 2.77 bits per heavy atom. The van der Waals surface area contributed by atoms with Crippen LogP contribution in [-0.4, -0.2) is 44.7 Å². The van der Waals surface area contributed by atoms with Crippen LogP contribution in [0.25, 0.3) is 51.6 Å². The van der Waals surface area contributed by atoms with Gasteiger partial charge >= 0.3 is 0 Å². The summed E-state index contributed by atoms with van der Waals surface area (Å²) in [7, 11) is 0. The monoisotopic (exact) mass is 531 g/mol. The van der Waals surface area contributed by atoms with Crippen LogP contribution in [0.3, 0.4) is 0 Å². The molecule has 0 unspecified atom stereocenters. The third-order valence-electron chi connectivity index (χ3n) is 7.84. The van der Waals surface area contributed by atoms with E-state index in [9.17, 15) is 4.39 Å². The van der Waals surface area contributed by atoms with E-state index in [-0.39, 0.29) is 5.82 Å². The molecule has 1 aliphatic heterocycles. The predicted octanol–water partition coefficient (Wildman–Crippen LogP) is 6.08. The van der Waals surface area contributed by atoms with E-state index >= 15 is 0 Å². The number of nitrogens with one attached hydrogen (secondary N) is 2. The van der Waals surface area contributed by atoms with Crippen LogP contribution < -0.4 is 10.6 Å². The van der Waals surface area contributed by atoms with Gasteiger partial charge in [0.25, 0.3) is 0 Å². The fraction of sp³-hybridized carbons (Fsp3) is 0.235. The highest BCUT2D eigenvalue weighted by Gasteiger charge is 2.12. The topological polar surface area (TPSA) is 60.6 Å². The van der Waals surface area contributed by atoms with Crippen molar-refractivity contribution in [3.05, 3.63) is 101 Å². The predicted molar refractivity (Wildman–Crippen MR) is 162 cm³/mol. The quantitative estimate of drug-likeness (QED) is 0.255. The van der Waals surface area contributed by atoms with Crippen LogP contribution in [0.1, 0.15) is 37.3 Å². The van der Waals surface area contributed by atoms with Crippen molar-refractivity contribution in [3.63, 3.8) is 0 Å². The molecule has 1 fully saturated rings. The third-order valence-corrected chi connectivity index (χ3v) is 7.84. The molecule has 1 saturated heterocycles. The van der Waals surface area contributed by atoms with Gasteiger partial charge in [0.15, 0.2) is 0 Å². The van der Waals surface area contributed by atoms with Crippen molar-refractivity contribution in [2.24, 2.45) is 0 Å². The van der Waals surface area contributed by atoms with Crippen LogP contribution in [0.15, 0.2) is 73.1 Å². The number of pyridine rings is 1. The van der Waals surface area contributed by atoms with Crippen molar-refractivity contribution < 1.29 is 4.39 Å². The zero-order chi connectivity index (χ0) is 27.5. The van der Waals surface area contributed by atoms with Gasteiger partial charge in [-0.1, -0.05) is 36.9 Å². The largest absolute Gasteiger partial charge is 0.353 e. The minimum atomic E-state index is -0.249. The number of H-pyrrole nitrogens is 2. The SMILES string of the molecule is C=c1c(-c2cc3c(-c4cccc(F)c4)cccc3[nH]2)n[nH]/c1=C/C=C(\C)c1cncc(CCCN2CCCC2)c1. The number of likely N-dealkylation sites (tertiary alicyclic amines) is 1. The van der Waals surface area contributed by atoms with Crippen molar-refractivity contribution in [2.75, 3.05) is 19.6 Å². The van der Waals surface area contributed by atoms with Gasteiger partial charge < -0.3 is 9.88 Å². The summed E-state index contributed by atoms with van der Waals surface area (Å²) >= 11 is 0. The van der Waals surface area contributed by atoms with Gasteiger partial charge in [0.05, 0.1) is 11.0 Å². The Balaban J connectivity index is 1.22. The molecule has 5 aromatic rings. The normalized spacial score (nSPS) is 14.9. The Bertz CT molecular complexity index is 1790. The van der Waals surface area contributed by atoms with Crippen molar-refractivity contribution in [1.29, 1.82) is 0 Å². The first-order valence-electron chi connectivity index (χ1n) is 14.0. The zero-order valence-corrected chi connectivity index (χ0v) is 22.9. The number of halogens is 1. The van der Waals surface area contributed by atoms with Crippen molar-refractivity contribution >= 4 is 29.1 Å². The second-order valence-corrected chi connectivity index (χ2v) is 10.7. The minimum absolute atomic E-state index is 0.249. The van der Waals surface area contributed by atoms with Crippen LogP contribution in [-0.2, 0) is 6.42 Å². The van der Waals surface area contributed by atoms with Crippen LogP contribution in [0.5, 0.6) is 0 Å². The lowest BCUT2D eigenvalue weighted by Gasteiger charge is -2.14. The molecule has 0 aliphatic carbocycles. The lowest BCUT2D eigenvalue weighted by molar-refractivity contribution is 0.334. The number of allylic oxidation sites excluding steroid dienone is 2. The summed E-state index contributed by atoms with van der Waals surface area (Å²) in [5.74, 6) is -0.249. The summed E-state index contributed by atoms with van der Waals surface area (Å²) in [5.41, 5.74) is 7.95. The fourth-order valence-corrected chi connectivity index (χ4v) is 5.59. The molecule has 6 rings (SSSR count). The maximum Gasteiger partial charge on any atom is 0.123 e. The number of benzene rings is 2. The summed E-state index contributed by atoms with van der Waals surface area (Å²) < 4.78 is 13.9. The third kappa shape index (κ3) is 5.54. The highest BCUT2D eigenvalue weighted by molar-refractivity contribution is 5.98. The molecular formula is C34H34FN5. The van der Waals surface area contributed by atoms with Crippen molar-refractivity contribution in [2.45, 2.75) is 32.6 Å². The summed E-state index contributed by atoms with van der Waals surface area (Å²) in [4.78, 5) is 10.5. The van der Waals surface area contributed by atoms with Gasteiger partial charge in [0.2, 0.25) is 0 Å². The number of aryl methyl sites for hydroxylation is 1. The number of hydrogen-bond acceptors (Lipinski definition) is 3. The van der Waals surface area contributed by atoms with Gasteiger partial charge in [-0.25, -0.2) is 4.39 Å². The van der Waals surface area contributed by atoms with Crippen molar-refractivity contribution in [1.82, 2.24) is 25.1 Å². The van der Waals surface area contributed by atoms with Gasteiger partial charge in [0.1, 0.15) is 11.5 Å². The molecule has 2 aromatic carbocycles. The highest BCUT2D eigenvalue weighted by atomic mass is 19.1. The number of hydrogen-bond donors (Lipinski definition) is 2. The second-order valence-electron chi connectivity index (χ2n) is 10.7. The van der Waals surface area contributed by atoms with E-state index in [2.05, 4.69) is 56.8 Å². The molecule has 1 aliphatic rings. The zero-order valence-electron chi connectivity index (χ0n) is 22.9. The Kier molecular flexibility index (Phi) is 7.43. The van der Waals surface area contributed by atoms with Crippen LogP contribution in [0.2, 0.25) is 0 Å². The number of fused-ring (bicyclic) bond motifs is 1. The smallest absolute Gasteiger partial charge is 0.123 e. The molecule has 0 saturated carbocycles. The summed E-state index contributed by atoms with van der Waals surface area (Å²) in [6.07, 6.45) is 12.9. The molecule has 5 nitrogen and oxygen atoms in total. The molecule has 0 amide bonds. The molecule has 6 heteroatoms. The van der Waals surface area contributed by atoms with Gasteiger partial charge in [-0.3, -0.25) is 10.1 Å². The molecular weight excluding hydrogens is 497 g/mol. The van der Waals surface area contributed by atoms with Crippen molar-refractivity contribution in [3.8, 4) is 22.5 Å². The molecule has 4 heterocycles. The van der Waals surface area contributed by atoms with E-state index in [1.165, 1.54) is 50.5 Å². The first-order valence-corrected chi connectivity index (χ1v) is 14.0. The number of rotatable bonds is 8. The molecule has 0 bridgehead atoms. The summed E-state index contributed by atoms with van der Waals surface area (Å²) in [5, 5.41) is 10.4. The van der Waals surface area contributed by atoms with E-state index in [4.69, 9.17) is 0 Å². The molecule has 3 aromatic heterocycles. The molecule has 2 N–H and O–H groups in total. The molecule has 202 valence electrons. The number of nitrogens with zero attached hydrogens (tertiary/aromatic N) is 3. The molecule has 0 radical (unpaired) electrons. The maximum atomic E-state index is 13.9. The second kappa shape index (κ2) is 11.4. The van der Waals surface area contributed by atoms with E-state index in [1.807, 2.05) is 42.7 Å². The van der Waals surface area contributed by atoms with E-state index in [0.717, 1.165) is 61.5 Å². The standard InChI is InChI=1S/C34H34FN5/c1-23(27-18-25(21-36-22-27)8-7-17-40-15-3-4-16-40)13-14-31-24(2)34(39-38-31)33-20-30-29(11-6-12-32(30)37-33)26-9-5-10-28(35)19-26/h5-6,9-14,18-22,37-38H,2-4,7-8,15-17H2,1H3/b23-13+,31-14+. The summed E-state index contributed by atoms with van der Waals surface area (Å²) in [6, 6.07) is 17.0. The van der Waals surface area contributed by atoms with E-state index < -0.39 is 0 Å². The number of aromatic nitrogens is 4. The maximum absolute atomic E-state index is 13.9. The first kappa shape index (κ1) is 26.0. The van der Waals surface area contributed by atoms with Gasteiger partial charge in [0, 0.05) is 28.5 Å². The van der Waals surface area contributed by atoms with Gasteiger partial charge in [-0.15, -0.1) is 0 Å². The minimum Gasteiger partial charge on any atom is -0.353 e. The van der Waals surface area contributed by atoms with Crippen LogP contribution in [0.4, 0.5) is 4.39 Å². The molecule has 40 heavy (non-hydrogen) atoms. The van der Waals surface area contributed by atoms with Crippen LogP contribution in [0, 0.1) is 5.82 Å². The van der Waals surface area contributed by atoms with Crippen LogP contribution >= 0.6 is 0 Å². The Labute approximate surface area is 233 Å². The number of aromatic amines is 2. The molecule has 0 atom stereocenters. The Morgan fingerprint density at radius 2 is 1.93 bits per heavy atom.